The van der Waals surface area contributed by atoms with Crippen molar-refractivity contribution in [3.05, 3.63) is 42.2 Å². The molecular formula is C15H19N3O3S. The fourth-order valence-electron chi connectivity index (χ4n) is 1.98. The Morgan fingerprint density at radius 1 is 1.23 bits per heavy atom. The first kappa shape index (κ1) is 16.2. The van der Waals surface area contributed by atoms with E-state index in [1.165, 1.54) is 12.4 Å². The second-order valence-electron chi connectivity index (χ2n) is 5.36. The van der Waals surface area contributed by atoms with E-state index in [0.29, 0.717) is 6.42 Å². The van der Waals surface area contributed by atoms with Crippen LogP contribution in [-0.4, -0.2) is 24.1 Å². The Morgan fingerprint density at radius 2 is 1.86 bits per heavy atom. The summed E-state index contributed by atoms with van der Waals surface area (Å²) in [5.74, 6) is -0.377. The molecule has 1 heterocycles. The summed E-state index contributed by atoms with van der Waals surface area (Å²) >= 11 is 0. The van der Waals surface area contributed by atoms with Crippen LogP contribution in [0.3, 0.4) is 0 Å². The summed E-state index contributed by atoms with van der Waals surface area (Å²) in [6.07, 6.45) is 3.63. The number of nitrogens with zero attached hydrogens (tertiary/aromatic N) is 2. The lowest BCUT2D eigenvalue weighted by atomic mass is 10.1. The molecule has 1 aromatic carbocycles. The van der Waals surface area contributed by atoms with Crippen molar-refractivity contribution in [1.82, 2.24) is 9.78 Å². The Kier molecular flexibility index (Phi) is 4.65. The number of aryl methyl sites for hydroxylation is 1. The van der Waals surface area contributed by atoms with Crippen molar-refractivity contribution in [3.8, 4) is 0 Å². The van der Waals surface area contributed by atoms with E-state index in [4.69, 9.17) is 5.73 Å². The van der Waals surface area contributed by atoms with Gasteiger partial charge in [-0.2, -0.15) is 5.10 Å². The van der Waals surface area contributed by atoms with Gasteiger partial charge in [0.1, 0.15) is 4.90 Å². The minimum Gasteiger partial charge on any atom is -0.370 e. The summed E-state index contributed by atoms with van der Waals surface area (Å²) in [7, 11) is -3.57. The zero-order chi connectivity index (χ0) is 16.3. The highest BCUT2D eigenvalue weighted by Crippen LogP contribution is 2.21. The van der Waals surface area contributed by atoms with Gasteiger partial charge in [0.2, 0.25) is 15.7 Å². The number of primary amides is 1. The number of nitrogens with two attached hydrogens (primary N) is 1. The zero-order valence-corrected chi connectivity index (χ0v) is 13.4. The van der Waals surface area contributed by atoms with E-state index in [9.17, 15) is 13.2 Å². The summed E-state index contributed by atoms with van der Waals surface area (Å²) < 4.78 is 26.6. The van der Waals surface area contributed by atoms with Gasteiger partial charge in [0.05, 0.1) is 11.1 Å². The van der Waals surface area contributed by atoms with Gasteiger partial charge in [-0.15, -0.1) is 0 Å². The molecule has 0 atom stereocenters. The summed E-state index contributed by atoms with van der Waals surface area (Å²) in [5.41, 5.74) is 5.97. The standard InChI is InChI=1S/C15H19N3O3S/c1-11(2)18-10-14(9-17-18)22(20,21)13-6-3-12(4-7-13)5-8-15(16)19/h3-4,6-7,9-11H,5,8H2,1-2H3,(H2,16,19). The average Bonchev–Trinajstić information content (AvgIpc) is 2.96. The minimum atomic E-state index is -3.57. The third-order valence-corrected chi connectivity index (χ3v) is 5.04. The monoisotopic (exact) mass is 321 g/mol. The fourth-order valence-corrected chi connectivity index (χ4v) is 3.18. The minimum absolute atomic E-state index is 0.0973. The molecule has 7 heteroatoms. The maximum absolute atomic E-state index is 12.5. The molecule has 0 bridgehead atoms. The Morgan fingerprint density at radius 3 is 2.36 bits per heavy atom. The van der Waals surface area contributed by atoms with Gasteiger partial charge >= 0.3 is 0 Å². The number of hydrogen-bond donors (Lipinski definition) is 1. The molecule has 0 spiro atoms. The Labute approximate surface area is 129 Å². The summed E-state index contributed by atoms with van der Waals surface area (Å²) in [6.45, 7) is 3.86. The van der Waals surface area contributed by atoms with E-state index in [-0.39, 0.29) is 28.2 Å². The van der Waals surface area contributed by atoms with Crippen LogP contribution in [-0.2, 0) is 21.1 Å². The molecule has 6 nitrogen and oxygen atoms in total. The smallest absolute Gasteiger partial charge is 0.217 e. The molecule has 0 aliphatic rings. The molecule has 2 N–H and O–H groups in total. The molecule has 22 heavy (non-hydrogen) atoms. The summed E-state index contributed by atoms with van der Waals surface area (Å²) in [4.78, 5) is 11.1. The van der Waals surface area contributed by atoms with Crippen LogP contribution in [0.4, 0.5) is 0 Å². The molecule has 0 aliphatic carbocycles. The lowest BCUT2D eigenvalue weighted by Gasteiger charge is -2.05. The highest BCUT2D eigenvalue weighted by Gasteiger charge is 2.20. The molecule has 0 radical (unpaired) electrons. The maximum atomic E-state index is 12.5. The molecule has 2 aromatic rings. The molecule has 0 saturated carbocycles. The molecule has 0 unspecified atom stereocenters. The second-order valence-corrected chi connectivity index (χ2v) is 7.31. The van der Waals surface area contributed by atoms with Gasteiger partial charge in [0, 0.05) is 18.7 Å². The predicted octanol–water partition coefficient (Wildman–Crippen LogP) is 1.71. The van der Waals surface area contributed by atoms with Crippen LogP contribution in [0.25, 0.3) is 0 Å². The lowest BCUT2D eigenvalue weighted by Crippen LogP contribution is -2.11. The molecule has 2 rings (SSSR count). The van der Waals surface area contributed by atoms with Crippen molar-refractivity contribution < 1.29 is 13.2 Å². The van der Waals surface area contributed by atoms with Gasteiger partial charge in [0.25, 0.3) is 0 Å². The quantitative estimate of drug-likeness (QED) is 0.876. The van der Waals surface area contributed by atoms with E-state index in [2.05, 4.69) is 5.10 Å². The van der Waals surface area contributed by atoms with Gasteiger partial charge in [-0.3, -0.25) is 9.48 Å². The van der Waals surface area contributed by atoms with Crippen LogP contribution in [0.15, 0.2) is 46.5 Å². The maximum Gasteiger partial charge on any atom is 0.217 e. The van der Waals surface area contributed by atoms with Crippen molar-refractivity contribution in [1.29, 1.82) is 0 Å². The van der Waals surface area contributed by atoms with Crippen molar-refractivity contribution in [2.24, 2.45) is 5.73 Å². The molecule has 0 aliphatic heterocycles. The van der Waals surface area contributed by atoms with Crippen molar-refractivity contribution >= 4 is 15.7 Å². The highest BCUT2D eigenvalue weighted by atomic mass is 32.2. The van der Waals surface area contributed by atoms with Crippen molar-refractivity contribution in [3.63, 3.8) is 0 Å². The van der Waals surface area contributed by atoms with Gasteiger partial charge in [-0.05, 0) is 38.0 Å². The first-order valence-electron chi connectivity index (χ1n) is 6.97. The lowest BCUT2D eigenvalue weighted by molar-refractivity contribution is -0.117. The fraction of sp³-hybridized carbons (Fsp3) is 0.333. The van der Waals surface area contributed by atoms with Gasteiger partial charge in [0.15, 0.2) is 0 Å². The van der Waals surface area contributed by atoms with Crippen LogP contribution in [0, 0.1) is 0 Å². The van der Waals surface area contributed by atoms with Crippen molar-refractivity contribution in [2.45, 2.75) is 42.5 Å². The van der Waals surface area contributed by atoms with E-state index >= 15 is 0 Å². The number of carbonyl (C=O) groups excluding carboxylic acids is 1. The molecular weight excluding hydrogens is 302 g/mol. The number of sulfone groups is 1. The second kappa shape index (κ2) is 6.31. The highest BCUT2D eigenvalue weighted by molar-refractivity contribution is 7.91. The molecule has 0 saturated heterocycles. The number of benzene rings is 1. The van der Waals surface area contributed by atoms with Gasteiger partial charge in [-0.25, -0.2) is 8.42 Å². The van der Waals surface area contributed by atoms with Crippen molar-refractivity contribution in [2.75, 3.05) is 0 Å². The zero-order valence-electron chi connectivity index (χ0n) is 12.6. The summed E-state index contributed by atoms with van der Waals surface area (Å²) in [6, 6.07) is 6.57. The number of carbonyl (C=O) groups is 1. The molecule has 1 amide bonds. The average molecular weight is 321 g/mol. The first-order valence-corrected chi connectivity index (χ1v) is 8.45. The third-order valence-electron chi connectivity index (χ3n) is 3.31. The van der Waals surface area contributed by atoms with E-state index in [0.717, 1.165) is 5.56 Å². The normalized spacial score (nSPS) is 11.8. The van der Waals surface area contributed by atoms with Gasteiger partial charge in [-0.1, -0.05) is 12.1 Å². The van der Waals surface area contributed by atoms with Gasteiger partial charge < -0.3 is 5.73 Å². The van der Waals surface area contributed by atoms with Crippen LogP contribution >= 0.6 is 0 Å². The topological polar surface area (TPSA) is 95.0 Å². The number of rotatable bonds is 6. The predicted molar refractivity (Wildman–Crippen MR) is 82.0 cm³/mol. The Balaban J connectivity index is 2.23. The van der Waals surface area contributed by atoms with E-state index < -0.39 is 9.84 Å². The first-order chi connectivity index (χ1) is 10.3. The summed E-state index contributed by atoms with van der Waals surface area (Å²) in [5, 5.41) is 4.06. The third kappa shape index (κ3) is 3.54. The SMILES string of the molecule is CC(C)n1cc(S(=O)(=O)c2ccc(CCC(N)=O)cc2)cn1. The number of hydrogen-bond acceptors (Lipinski definition) is 4. The number of amides is 1. The van der Waals surface area contributed by atoms with Crippen LogP contribution in [0.2, 0.25) is 0 Å². The molecule has 118 valence electrons. The Hall–Kier alpha value is -2.15. The van der Waals surface area contributed by atoms with Crippen LogP contribution in [0.5, 0.6) is 0 Å². The van der Waals surface area contributed by atoms with E-state index in [1.54, 1.807) is 28.9 Å². The Bertz CT molecular complexity index is 762. The van der Waals surface area contributed by atoms with Crippen LogP contribution in [0.1, 0.15) is 31.9 Å². The van der Waals surface area contributed by atoms with Crippen LogP contribution < -0.4 is 5.73 Å². The molecule has 0 fully saturated rings. The number of aromatic nitrogens is 2. The molecule has 1 aromatic heterocycles. The largest absolute Gasteiger partial charge is 0.370 e. The van der Waals surface area contributed by atoms with E-state index in [1.807, 2.05) is 13.8 Å².